The predicted octanol–water partition coefficient (Wildman–Crippen LogP) is 1.38. The van der Waals surface area contributed by atoms with Crippen LogP contribution in [0.5, 0.6) is 0 Å². The molecule has 0 saturated carbocycles. The molecule has 0 aliphatic carbocycles. The minimum Gasteiger partial charge on any atom is -0.368 e. The Balaban J connectivity index is 2.10. The number of aromatic amines is 1. The van der Waals surface area contributed by atoms with Gasteiger partial charge in [0.2, 0.25) is 5.95 Å². The first-order valence-corrected chi connectivity index (χ1v) is 5.39. The number of imidazole rings is 1. The molecule has 90 valence electrons. The number of nitrogens with one attached hydrogen (secondary N) is 2. The van der Waals surface area contributed by atoms with Gasteiger partial charge in [0.25, 0.3) is 0 Å². The van der Waals surface area contributed by atoms with Crippen molar-refractivity contribution in [3.05, 3.63) is 30.4 Å². The highest BCUT2D eigenvalue weighted by Gasteiger charge is 2.09. The topological polar surface area (TPSA) is 105 Å². The maximum Gasteiger partial charge on any atom is 0.224 e. The van der Waals surface area contributed by atoms with Crippen LogP contribution in [0.15, 0.2) is 24.7 Å². The molecule has 18 heavy (non-hydrogen) atoms. The van der Waals surface area contributed by atoms with Crippen LogP contribution in [0.2, 0.25) is 0 Å². The Morgan fingerprint density at radius 1 is 1.28 bits per heavy atom. The van der Waals surface area contributed by atoms with Crippen molar-refractivity contribution < 1.29 is 0 Å². The number of hydrogen-bond donors (Lipinski definition) is 3. The Bertz CT molecular complexity index is 703. The van der Waals surface area contributed by atoms with E-state index in [0.29, 0.717) is 17.0 Å². The minimum atomic E-state index is 0.179. The van der Waals surface area contributed by atoms with Crippen molar-refractivity contribution in [2.24, 2.45) is 0 Å². The molecular formula is C11H11N7. The SMILES string of the molecule is Cc1ncccc1Nc1nc(N)nc2nc[nH]c12. The second-order valence-electron chi connectivity index (χ2n) is 3.79. The molecule has 0 aliphatic heterocycles. The maximum atomic E-state index is 5.64. The number of nitrogens with two attached hydrogens (primary N) is 1. The highest BCUT2D eigenvalue weighted by molar-refractivity contribution is 5.86. The fraction of sp³-hybridized carbons (Fsp3) is 0.0909. The molecule has 4 N–H and O–H groups in total. The summed E-state index contributed by atoms with van der Waals surface area (Å²) >= 11 is 0. The molecule has 0 atom stereocenters. The highest BCUT2D eigenvalue weighted by atomic mass is 15.1. The molecule has 3 aromatic rings. The third-order valence-corrected chi connectivity index (χ3v) is 2.56. The van der Waals surface area contributed by atoms with Crippen LogP contribution in [-0.2, 0) is 0 Å². The summed E-state index contributed by atoms with van der Waals surface area (Å²) in [5.41, 5.74) is 8.64. The lowest BCUT2D eigenvalue weighted by molar-refractivity contribution is 1.18. The molecule has 3 rings (SSSR count). The number of H-pyrrole nitrogens is 1. The average molecular weight is 241 g/mol. The molecule has 0 radical (unpaired) electrons. The molecule has 0 fully saturated rings. The molecular weight excluding hydrogens is 230 g/mol. The van der Waals surface area contributed by atoms with Gasteiger partial charge in [0.15, 0.2) is 11.5 Å². The highest BCUT2D eigenvalue weighted by Crippen LogP contribution is 2.22. The van der Waals surface area contributed by atoms with Gasteiger partial charge in [-0.15, -0.1) is 0 Å². The van der Waals surface area contributed by atoms with Crippen molar-refractivity contribution in [1.82, 2.24) is 24.9 Å². The van der Waals surface area contributed by atoms with Gasteiger partial charge < -0.3 is 16.0 Å². The van der Waals surface area contributed by atoms with E-state index in [1.807, 2.05) is 19.1 Å². The van der Waals surface area contributed by atoms with Gasteiger partial charge in [-0.2, -0.15) is 9.97 Å². The van der Waals surface area contributed by atoms with Gasteiger partial charge in [0.1, 0.15) is 5.52 Å². The van der Waals surface area contributed by atoms with Crippen molar-refractivity contribution in [3.63, 3.8) is 0 Å². The molecule has 0 unspecified atom stereocenters. The molecule has 3 aromatic heterocycles. The first-order valence-electron chi connectivity index (χ1n) is 5.39. The first kappa shape index (κ1) is 10.5. The van der Waals surface area contributed by atoms with Crippen molar-refractivity contribution >= 4 is 28.6 Å². The third kappa shape index (κ3) is 1.71. The fourth-order valence-electron chi connectivity index (χ4n) is 1.68. The summed E-state index contributed by atoms with van der Waals surface area (Å²) in [4.78, 5) is 19.4. The molecule has 0 bridgehead atoms. The van der Waals surface area contributed by atoms with Crippen LogP contribution in [0.25, 0.3) is 11.2 Å². The van der Waals surface area contributed by atoms with E-state index in [0.717, 1.165) is 11.4 Å². The maximum absolute atomic E-state index is 5.64. The smallest absolute Gasteiger partial charge is 0.224 e. The van der Waals surface area contributed by atoms with Gasteiger partial charge in [-0.05, 0) is 19.1 Å². The Hall–Kier alpha value is -2.70. The van der Waals surface area contributed by atoms with E-state index in [1.54, 1.807) is 12.5 Å². The number of anilines is 3. The summed E-state index contributed by atoms with van der Waals surface area (Å²) in [5.74, 6) is 0.768. The summed E-state index contributed by atoms with van der Waals surface area (Å²) in [6, 6.07) is 3.77. The van der Waals surface area contributed by atoms with E-state index in [1.165, 1.54) is 0 Å². The van der Waals surface area contributed by atoms with Crippen LogP contribution in [0, 0.1) is 6.92 Å². The van der Waals surface area contributed by atoms with Crippen LogP contribution in [0.4, 0.5) is 17.5 Å². The van der Waals surface area contributed by atoms with Gasteiger partial charge in [-0.3, -0.25) is 4.98 Å². The number of rotatable bonds is 2. The van der Waals surface area contributed by atoms with Gasteiger partial charge in [0, 0.05) is 6.20 Å². The molecule has 0 spiro atoms. The lowest BCUT2D eigenvalue weighted by Crippen LogP contribution is -2.02. The third-order valence-electron chi connectivity index (χ3n) is 2.56. The van der Waals surface area contributed by atoms with Crippen LogP contribution in [-0.4, -0.2) is 24.9 Å². The Morgan fingerprint density at radius 2 is 2.17 bits per heavy atom. The number of hydrogen-bond acceptors (Lipinski definition) is 6. The normalized spacial score (nSPS) is 10.7. The number of aryl methyl sites for hydroxylation is 1. The fourth-order valence-corrected chi connectivity index (χ4v) is 1.68. The van der Waals surface area contributed by atoms with Crippen LogP contribution >= 0.6 is 0 Å². The molecule has 7 heteroatoms. The zero-order valence-corrected chi connectivity index (χ0v) is 9.68. The van der Waals surface area contributed by atoms with Gasteiger partial charge in [-0.1, -0.05) is 0 Å². The standard InChI is InChI=1S/C11H11N7/c1-6-7(3-2-4-13-6)16-10-8-9(15-5-14-8)17-11(12)18-10/h2-5H,1H3,(H4,12,14,15,16,17,18). The van der Waals surface area contributed by atoms with Crippen LogP contribution in [0.3, 0.4) is 0 Å². The zero-order chi connectivity index (χ0) is 12.5. The number of pyridine rings is 1. The number of fused-ring (bicyclic) bond motifs is 1. The molecule has 3 heterocycles. The Morgan fingerprint density at radius 3 is 3.00 bits per heavy atom. The minimum absolute atomic E-state index is 0.179. The van der Waals surface area contributed by atoms with E-state index >= 15 is 0 Å². The molecule has 0 saturated heterocycles. The van der Waals surface area contributed by atoms with Crippen molar-refractivity contribution in [1.29, 1.82) is 0 Å². The van der Waals surface area contributed by atoms with E-state index in [4.69, 9.17) is 5.73 Å². The summed E-state index contributed by atoms with van der Waals surface area (Å²) in [5, 5.41) is 3.18. The average Bonchev–Trinajstić information content (AvgIpc) is 2.80. The number of nitrogens with zero attached hydrogens (tertiary/aromatic N) is 4. The number of nitrogen functional groups attached to an aromatic ring is 1. The number of aromatic nitrogens is 5. The molecule has 7 nitrogen and oxygen atoms in total. The largest absolute Gasteiger partial charge is 0.368 e. The second-order valence-corrected chi connectivity index (χ2v) is 3.79. The molecule has 0 aromatic carbocycles. The van der Waals surface area contributed by atoms with Crippen LogP contribution in [0.1, 0.15) is 5.69 Å². The van der Waals surface area contributed by atoms with E-state index in [-0.39, 0.29) is 5.95 Å². The summed E-state index contributed by atoms with van der Waals surface area (Å²) in [7, 11) is 0. The van der Waals surface area contributed by atoms with Crippen molar-refractivity contribution in [2.75, 3.05) is 11.1 Å². The zero-order valence-electron chi connectivity index (χ0n) is 9.68. The Kier molecular flexibility index (Phi) is 2.30. The van der Waals surface area contributed by atoms with E-state index in [2.05, 4.69) is 30.2 Å². The van der Waals surface area contributed by atoms with Gasteiger partial charge >= 0.3 is 0 Å². The monoisotopic (exact) mass is 241 g/mol. The van der Waals surface area contributed by atoms with E-state index < -0.39 is 0 Å². The lowest BCUT2D eigenvalue weighted by atomic mass is 10.3. The summed E-state index contributed by atoms with van der Waals surface area (Å²) in [6.45, 7) is 1.91. The van der Waals surface area contributed by atoms with E-state index in [9.17, 15) is 0 Å². The van der Waals surface area contributed by atoms with Crippen molar-refractivity contribution in [2.45, 2.75) is 6.92 Å². The molecule has 0 amide bonds. The van der Waals surface area contributed by atoms with Crippen LogP contribution < -0.4 is 11.1 Å². The van der Waals surface area contributed by atoms with Crippen molar-refractivity contribution in [3.8, 4) is 0 Å². The first-order chi connectivity index (χ1) is 8.74. The quantitative estimate of drug-likeness (QED) is 0.626. The summed E-state index contributed by atoms with van der Waals surface area (Å²) < 4.78 is 0. The molecule has 0 aliphatic rings. The van der Waals surface area contributed by atoms with Gasteiger partial charge in [0.05, 0.1) is 17.7 Å². The van der Waals surface area contributed by atoms with Gasteiger partial charge in [-0.25, -0.2) is 4.98 Å². The second kappa shape index (κ2) is 3.95. The Labute approximate surface area is 103 Å². The summed E-state index contributed by atoms with van der Waals surface area (Å²) in [6.07, 6.45) is 3.29. The predicted molar refractivity (Wildman–Crippen MR) is 68.4 cm³/mol. The lowest BCUT2D eigenvalue weighted by Gasteiger charge is -2.08.